The largest absolute Gasteiger partial charge is 0.466 e. The number of ether oxygens (including phenoxy) is 2. The van der Waals surface area contributed by atoms with Gasteiger partial charge in [-0.3, -0.25) is 9.59 Å². The maximum Gasteiger partial charge on any atom is 0.350 e. The number of benzene rings is 1. The lowest BCUT2D eigenvalue weighted by atomic mass is 9.71. The molecule has 4 rings (SSSR count). The molecule has 2 heterocycles. The summed E-state index contributed by atoms with van der Waals surface area (Å²) < 4.78 is 10.6. The Labute approximate surface area is 185 Å². The second kappa shape index (κ2) is 8.03. The standard InChI is InChI=1S/C24H26N2O6/c1-14(7-8-15-9-10-26-19(25)11-15)16(13-27)12-23-20(28)17-5-3-4-6-18(17)21(29)24(23,32-23)22(30)31-2/h3-6,9,11,26-27H,7-8,10,12-13,25H2,1-2H3. The Morgan fingerprint density at radius 2 is 1.94 bits per heavy atom. The number of aliphatic hydroxyl groups excluding tert-OH is 1. The van der Waals surface area contributed by atoms with E-state index in [1.165, 1.54) is 6.07 Å². The highest BCUT2D eigenvalue weighted by atomic mass is 16.7. The van der Waals surface area contributed by atoms with Crippen molar-refractivity contribution in [2.45, 2.75) is 37.4 Å². The van der Waals surface area contributed by atoms with Gasteiger partial charge in [-0.25, -0.2) is 4.79 Å². The maximum absolute atomic E-state index is 13.4. The van der Waals surface area contributed by atoms with Crippen molar-refractivity contribution in [3.63, 3.8) is 0 Å². The Morgan fingerprint density at radius 3 is 2.56 bits per heavy atom. The van der Waals surface area contributed by atoms with Crippen molar-refractivity contribution in [3.05, 3.63) is 70.1 Å². The minimum absolute atomic E-state index is 0.0675. The molecular formula is C24H26N2O6. The Balaban J connectivity index is 1.66. The maximum atomic E-state index is 13.4. The number of ketones is 2. The third kappa shape index (κ3) is 3.18. The van der Waals surface area contributed by atoms with Crippen LogP contribution in [0.15, 0.2) is 59.0 Å². The van der Waals surface area contributed by atoms with Crippen molar-refractivity contribution in [1.29, 1.82) is 0 Å². The van der Waals surface area contributed by atoms with Crippen LogP contribution in [0.4, 0.5) is 0 Å². The zero-order valence-electron chi connectivity index (χ0n) is 18.1. The first-order valence-corrected chi connectivity index (χ1v) is 10.5. The number of aliphatic hydroxyl groups is 1. The van der Waals surface area contributed by atoms with E-state index in [4.69, 9.17) is 15.2 Å². The van der Waals surface area contributed by atoms with E-state index in [1.54, 1.807) is 18.2 Å². The quantitative estimate of drug-likeness (QED) is 0.253. The molecule has 0 amide bonds. The summed E-state index contributed by atoms with van der Waals surface area (Å²) in [4.78, 5) is 39.4. The Kier molecular flexibility index (Phi) is 5.52. The van der Waals surface area contributed by atoms with Crippen molar-refractivity contribution in [1.82, 2.24) is 5.32 Å². The van der Waals surface area contributed by atoms with Crippen LogP contribution in [-0.2, 0) is 14.3 Å². The zero-order chi connectivity index (χ0) is 23.1. The molecule has 4 N–H and O–H groups in total. The average molecular weight is 438 g/mol. The number of epoxide rings is 1. The Hall–Kier alpha value is -3.23. The van der Waals surface area contributed by atoms with E-state index in [0.717, 1.165) is 18.3 Å². The van der Waals surface area contributed by atoms with Crippen LogP contribution < -0.4 is 11.1 Å². The number of rotatable bonds is 7. The van der Waals surface area contributed by atoms with Crippen LogP contribution in [0.1, 0.15) is 46.9 Å². The van der Waals surface area contributed by atoms with E-state index in [9.17, 15) is 19.5 Å². The Morgan fingerprint density at radius 1 is 1.25 bits per heavy atom. The van der Waals surface area contributed by atoms with Crippen LogP contribution in [0.3, 0.4) is 0 Å². The van der Waals surface area contributed by atoms with Crippen LogP contribution in [0, 0.1) is 0 Å². The number of nitrogens with two attached hydrogens (primary N) is 1. The third-order valence-electron chi connectivity index (χ3n) is 6.49. The number of hydrogen-bond acceptors (Lipinski definition) is 8. The van der Waals surface area contributed by atoms with Gasteiger partial charge in [-0.1, -0.05) is 35.9 Å². The number of carbonyl (C=O) groups excluding carboxylic acids is 3. The predicted molar refractivity (Wildman–Crippen MR) is 116 cm³/mol. The SMILES string of the molecule is COC(=O)C12OC1(CC(CO)=C(C)CCC1=CCNC(N)=C1)C(=O)c1ccccc1C2=O. The fourth-order valence-corrected chi connectivity index (χ4v) is 4.58. The van der Waals surface area contributed by atoms with Gasteiger partial charge < -0.3 is 25.6 Å². The summed E-state index contributed by atoms with van der Waals surface area (Å²) in [5.41, 5.74) is 4.95. The van der Waals surface area contributed by atoms with Gasteiger partial charge in [0, 0.05) is 24.1 Å². The molecule has 0 spiro atoms. The second-order valence-electron chi connectivity index (χ2n) is 8.28. The predicted octanol–water partition coefficient (Wildman–Crippen LogP) is 1.56. The van der Waals surface area contributed by atoms with Gasteiger partial charge in [0.2, 0.25) is 5.78 Å². The van der Waals surface area contributed by atoms with Gasteiger partial charge in [0.25, 0.3) is 5.60 Å². The summed E-state index contributed by atoms with van der Waals surface area (Å²) >= 11 is 0. The van der Waals surface area contributed by atoms with Gasteiger partial charge in [0.15, 0.2) is 11.4 Å². The average Bonchev–Trinajstić information content (AvgIpc) is 3.50. The topological polar surface area (TPSA) is 131 Å². The summed E-state index contributed by atoms with van der Waals surface area (Å²) in [5, 5.41) is 13.1. The van der Waals surface area contributed by atoms with E-state index in [0.29, 0.717) is 30.8 Å². The van der Waals surface area contributed by atoms with Crippen LogP contribution in [0.2, 0.25) is 0 Å². The van der Waals surface area contributed by atoms with Gasteiger partial charge in [-0.2, -0.15) is 0 Å². The normalized spacial score (nSPS) is 26.7. The number of carbonyl (C=O) groups is 3. The molecule has 0 aromatic heterocycles. The smallest absolute Gasteiger partial charge is 0.350 e. The molecule has 3 aliphatic rings. The third-order valence-corrected chi connectivity index (χ3v) is 6.49. The molecule has 8 heteroatoms. The number of fused-ring (bicyclic) bond motifs is 2. The number of Topliss-reactive ketones (excluding diaryl/α,β-unsaturated/α-hetero) is 2. The van der Waals surface area contributed by atoms with E-state index >= 15 is 0 Å². The molecule has 8 nitrogen and oxygen atoms in total. The highest BCUT2D eigenvalue weighted by Gasteiger charge is 2.85. The molecule has 2 unspecified atom stereocenters. The fourth-order valence-electron chi connectivity index (χ4n) is 4.58. The number of nitrogens with one attached hydrogen (secondary N) is 1. The number of dihydropyridines is 1. The first-order chi connectivity index (χ1) is 15.3. The molecule has 1 aromatic carbocycles. The lowest BCUT2D eigenvalue weighted by Gasteiger charge is -2.24. The van der Waals surface area contributed by atoms with Gasteiger partial charge in [-0.05, 0) is 37.0 Å². The molecule has 168 valence electrons. The second-order valence-corrected chi connectivity index (χ2v) is 8.28. The van der Waals surface area contributed by atoms with Crippen molar-refractivity contribution in [2.24, 2.45) is 5.73 Å². The molecule has 32 heavy (non-hydrogen) atoms. The minimum atomic E-state index is -2.01. The molecule has 1 aromatic rings. The van der Waals surface area contributed by atoms with Crippen molar-refractivity contribution in [3.8, 4) is 0 Å². The highest BCUT2D eigenvalue weighted by Crippen LogP contribution is 2.59. The zero-order valence-corrected chi connectivity index (χ0v) is 18.1. The fraction of sp³-hybridized carbons (Fsp3) is 0.375. The van der Waals surface area contributed by atoms with Gasteiger partial charge in [0.1, 0.15) is 0 Å². The number of allylic oxidation sites excluding steroid dienone is 3. The molecule has 1 saturated heterocycles. The van der Waals surface area contributed by atoms with Gasteiger partial charge in [-0.15, -0.1) is 0 Å². The monoisotopic (exact) mass is 438 g/mol. The number of hydrogen-bond donors (Lipinski definition) is 3. The number of esters is 1. The molecule has 0 radical (unpaired) electrons. The molecule has 1 fully saturated rings. The van der Waals surface area contributed by atoms with Crippen LogP contribution >= 0.6 is 0 Å². The molecule has 2 atom stereocenters. The van der Waals surface area contributed by atoms with E-state index in [2.05, 4.69) is 5.32 Å². The van der Waals surface area contributed by atoms with Crippen LogP contribution in [-0.4, -0.2) is 54.1 Å². The van der Waals surface area contributed by atoms with Crippen LogP contribution in [0.5, 0.6) is 0 Å². The first-order valence-electron chi connectivity index (χ1n) is 10.5. The highest BCUT2D eigenvalue weighted by molar-refractivity contribution is 6.32. The first kappa shape index (κ1) is 22.0. The van der Waals surface area contributed by atoms with Gasteiger partial charge >= 0.3 is 5.97 Å². The molecule has 1 aliphatic carbocycles. The van der Waals surface area contributed by atoms with E-state index in [1.807, 2.05) is 19.1 Å². The summed E-state index contributed by atoms with van der Waals surface area (Å²) in [6, 6.07) is 6.34. The van der Waals surface area contributed by atoms with Crippen molar-refractivity contribution >= 4 is 17.5 Å². The van der Waals surface area contributed by atoms with E-state index in [-0.39, 0.29) is 24.2 Å². The van der Waals surface area contributed by atoms with Gasteiger partial charge in [0.05, 0.1) is 19.5 Å². The summed E-state index contributed by atoms with van der Waals surface area (Å²) in [6.07, 6.45) is 5.14. The summed E-state index contributed by atoms with van der Waals surface area (Å²) in [5.74, 6) is -1.34. The molecular weight excluding hydrogens is 412 g/mol. The lowest BCUT2D eigenvalue weighted by molar-refractivity contribution is -0.145. The minimum Gasteiger partial charge on any atom is -0.466 e. The molecule has 0 bridgehead atoms. The molecule has 0 saturated carbocycles. The lowest BCUT2D eigenvalue weighted by Crippen LogP contribution is -2.50. The molecule has 2 aliphatic heterocycles. The van der Waals surface area contributed by atoms with Crippen LogP contribution in [0.25, 0.3) is 0 Å². The Bertz CT molecular complexity index is 1100. The van der Waals surface area contributed by atoms with Crippen molar-refractivity contribution < 1.29 is 29.0 Å². The number of methoxy groups -OCH3 is 1. The van der Waals surface area contributed by atoms with E-state index < -0.39 is 28.7 Å². The summed E-state index contributed by atoms with van der Waals surface area (Å²) in [6.45, 7) is 2.19. The van der Waals surface area contributed by atoms with Crippen molar-refractivity contribution in [2.75, 3.05) is 20.3 Å². The summed E-state index contributed by atoms with van der Waals surface area (Å²) in [7, 11) is 1.15.